The van der Waals surface area contributed by atoms with Gasteiger partial charge in [0.1, 0.15) is 0 Å². The molecule has 118 valence electrons. The number of aryl methyl sites for hydroxylation is 1. The highest BCUT2D eigenvalue weighted by Gasteiger charge is 2.39. The lowest BCUT2D eigenvalue weighted by Crippen LogP contribution is -2.56. The molecular weight excluding hydrogens is 268 g/mol. The lowest BCUT2D eigenvalue weighted by Gasteiger charge is -2.44. The lowest BCUT2D eigenvalue weighted by molar-refractivity contribution is -0.135. The summed E-state index contributed by atoms with van der Waals surface area (Å²) in [6.45, 7) is 10.7. The van der Waals surface area contributed by atoms with Gasteiger partial charge in [0.25, 0.3) is 0 Å². The molecule has 0 spiro atoms. The topological polar surface area (TPSA) is 69.0 Å². The Kier molecular flexibility index (Phi) is 4.98. The number of amides is 1. The van der Waals surface area contributed by atoms with Gasteiger partial charge in [-0.05, 0) is 25.2 Å². The second-order valence-electron chi connectivity index (χ2n) is 6.11. The number of nitrogens with one attached hydrogen (secondary N) is 1. The van der Waals surface area contributed by atoms with Gasteiger partial charge in [0.2, 0.25) is 5.91 Å². The fourth-order valence-electron chi connectivity index (χ4n) is 3.04. The number of hydrogen-bond acceptors (Lipinski definition) is 4. The Balaban J connectivity index is 2.04. The summed E-state index contributed by atoms with van der Waals surface area (Å²) in [6.07, 6.45) is 2.95. The van der Waals surface area contributed by atoms with Crippen LogP contribution >= 0.6 is 0 Å². The Labute approximate surface area is 126 Å². The highest BCUT2D eigenvalue weighted by molar-refractivity contribution is 5.73. The Morgan fingerprint density at radius 2 is 2.10 bits per heavy atom. The van der Waals surface area contributed by atoms with E-state index in [1.165, 1.54) is 0 Å². The van der Waals surface area contributed by atoms with E-state index in [0.717, 1.165) is 12.1 Å². The summed E-state index contributed by atoms with van der Waals surface area (Å²) in [7, 11) is 0. The fraction of sp³-hybridized carbons (Fsp3) is 0.800. The first-order valence-electron chi connectivity index (χ1n) is 7.74. The molecule has 6 heteroatoms. The van der Waals surface area contributed by atoms with Gasteiger partial charge < -0.3 is 10.1 Å². The highest BCUT2D eigenvalue weighted by Crippen LogP contribution is 2.31. The average molecular weight is 294 g/mol. The number of nitrogens with zero attached hydrogens (tertiary/aromatic N) is 3. The van der Waals surface area contributed by atoms with E-state index in [9.17, 15) is 4.79 Å². The van der Waals surface area contributed by atoms with Gasteiger partial charge >= 0.3 is 0 Å². The minimum Gasteiger partial charge on any atom is -0.371 e. The molecule has 0 aliphatic carbocycles. The largest absolute Gasteiger partial charge is 0.371 e. The minimum atomic E-state index is -0.00295. The van der Waals surface area contributed by atoms with Crippen LogP contribution in [0.2, 0.25) is 0 Å². The minimum absolute atomic E-state index is 0.000679. The Bertz CT molecular complexity index is 488. The molecule has 2 heterocycles. The van der Waals surface area contributed by atoms with E-state index in [2.05, 4.69) is 36.4 Å². The first-order chi connectivity index (χ1) is 9.92. The second kappa shape index (κ2) is 6.56. The van der Waals surface area contributed by atoms with Gasteiger partial charge in [-0.2, -0.15) is 0 Å². The summed E-state index contributed by atoms with van der Waals surface area (Å²) < 4.78 is 7.99. The maximum Gasteiger partial charge on any atom is 0.217 e. The Morgan fingerprint density at radius 1 is 1.38 bits per heavy atom. The van der Waals surface area contributed by atoms with Gasteiger partial charge in [-0.1, -0.05) is 26.0 Å². The molecule has 0 aromatic carbocycles. The summed E-state index contributed by atoms with van der Waals surface area (Å²) in [5.41, 5.74) is 0.996. The standard InChI is InChI=1S/C15H26N4O2/c1-6-13-7-19(18-17-13)8-14-9(2)10(3)15(11(4)21-14)16-12(5)20/h7,9-11,14-15H,6,8H2,1-5H3,(H,16,20). The van der Waals surface area contributed by atoms with Gasteiger partial charge in [-0.25, -0.2) is 4.68 Å². The molecule has 1 aromatic heterocycles. The zero-order chi connectivity index (χ0) is 15.6. The van der Waals surface area contributed by atoms with Gasteiger partial charge in [-0.15, -0.1) is 5.10 Å². The number of aromatic nitrogens is 3. The van der Waals surface area contributed by atoms with Crippen LogP contribution in [0.3, 0.4) is 0 Å². The van der Waals surface area contributed by atoms with Gasteiger partial charge in [-0.3, -0.25) is 4.79 Å². The smallest absolute Gasteiger partial charge is 0.217 e. The van der Waals surface area contributed by atoms with E-state index in [1.807, 2.05) is 17.8 Å². The molecule has 2 rings (SSSR count). The van der Waals surface area contributed by atoms with Crippen LogP contribution in [0.5, 0.6) is 0 Å². The van der Waals surface area contributed by atoms with Gasteiger partial charge in [0, 0.05) is 13.1 Å². The Morgan fingerprint density at radius 3 is 2.67 bits per heavy atom. The van der Waals surface area contributed by atoms with Crippen LogP contribution in [0.15, 0.2) is 6.20 Å². The third-order valence-corrected chi connectivity index (χ3v) is 4.56. The maximum atomic E-state index is 11.3. The molecule has 0 bridgehead atoms. The van der Waals surface area contributed by atoms with Crippen LogP contribution < -0.4 is 5.32 Å². The van der Waals surface area contributed by atoms with Crippen molar-refractivity contribution in [1.29, 1.82) is 0 Å². The van der Waals surface area contributed by atoms with Gasteiger partial charge in [0.15, 0.2) is 0 Å². The van der Waals surface area contributed by atoms with Crippen molar-refractivity contribution < 1.29 is 9.53 Å². The van der Waals surface area contributed by atoms with Crippen molar-refractivity contribution in [3.05, 3.63) is 11.9 Å². The van der Waals surface area contributed by atoms with Crippen molar-refractivity contribution in [3.8, 4) is 0 Å². The van der Waals surface area contributed by atoms with E-state index >= 15 is 0 Å². The zero-order valence-electron chi connectivity index (χ0n) is 13.5. The van der Waals surface area contributed by atoms with Crippen molar-refractivity contribution in [2.45, 2.75) is 65.8 Å². The summed E-state index contributed by atoms with van der Waals surface area (Å²) >= 11 is 0. The molecule has 1 saturated heterocycles. The Hall–Kier alpha value is -1.43. The van der Waals surface area contributed by atoms with Crippen LogP contribution in [-0.2, 0) is 22.5 Å². The quantitative estimate of drug-likeness (QED) is 0.911. The highest BCUT2D eigenvalue weighted by atomic mass is 16.5. The molecule has 1 fully saturated rings. The monoisotopic (exact) mass is 294 g/mol. The first-order valence-corrected chi connectivity index (χ1v) is 7.74. The molecule has 5 unspecified atom stereocenters. The van der Waals surface area contributed by atoms with Crippen molar-refractivity contribution >= 4 is 5.91 Å². The molecule has 0 saturated carbocycles. The molecule has 6 nitrogen and oxygen atoms in total. The number of carbonyl (C=O) groups excluding carboxylic acids is 1. The van der Waals surface area contributed by atoms with E-state index in [1.54, 1.807) is 6.92 Å². The average Bonchev–Trinajstić information content (AvgIpc) is 2.88. The number of rotatable bonds is 4. The fourth-order valence-corrected chi connectivity index (χ4v) is 3.04. The summed E-state index contributed by atoms with van der Waals surface area (Å²) in [6, 6.07) is 0.0655. The van der Waals surface area contributed by atoms with Crippen molar-refractivity contribution in [1.82, 2.24) is 20.3 Å². The lowest BCUT2D eigenvalue weighted by atomic mass is 9.80. The van der Waals surface area contributed by atoms with E-state index < -0.39 is 0 Å². The normalized spacial score (nSPS) is 32.9. The molecule has 1 aromatic rings. The predicted molar refractivity (Wildman–Crippen MR) is 79.7 cm³/mol. The molecule has 1 aliphatic heterocycles. The number of carbonyl (C=O) groups is 1. The van der Waals surface area contributed by atoms with Crippen molar-refractivity contribution in [2.24, 2.45) is 11.8 Å². The zero-order valence-corrected chi connectivity index (χ0v) is 13.5. The summed E-state index contributed by atoms with van der Waals surface area (Å²) in [5, 5.41) is 11.3. The molecular formula is C15H26N4O2. The third-order valence-electron chi connectivity index (χ3n) is 4.56. The van der Waals surface area contributed by atoms with Crippen LogP contribution in [0.1, 0.15) is 40.3 Å². The van der Waals surface area contributed by atoms with Gasteiger partial charge in [0.05, 0.1) is 30.5 Å². The van der Waals surface area contributed by atoms with Crippen LogP contribution in [0.25, 0.3) is 0 Å². The molecule has 5 atom stereocenters. The van der Waals surface area contributed by atoms with Crippen LogP contribution in [0.4, 0.5) is 0 Å². The first kappa shape index (κ1) is 15.9. The third kappa shape index (κ3) is 3.61. The van der Waals surface area contributed by atoms with E-state index in [4.69, 9.17) is 4.74 Å². The molecule has 1 aliphatic rings. The van der Waals surface area contributed by atoms with E-state index in [0.29, 0.717) is 18.4 Å². The molecule has 0 radical (unpaired) electrons. The summed E-state index contributed by atoms with van der Waals surface area (Å²) in [5.74, 6) is 0.695. The molecule has 1 N–H and O–H groups in total. The molecule has 1 amide bonds. The van der Waals surface area contributed by atoms with Crippen molar-refractivity contribution in [3.63, 3.8) is 0 Å². The molecule has 21 heavy (non-hydrogen) atoms. The maximum absolute atomic E-state index is 11.3. The van der Waals surface area contributed by atoms with Crippen LogP contribution in [0, 0.1) is 11.8 Å². The number of hydrogen-bond donors (Lipinski definition) is 1. The van der Waals surface area contributed by atoms with Crippen molar-refractivity contribution in [2.75, 3.05) is 0 Å². The second-order valence-corrected chi connectivity index (χ2v) is 6.11. The summed E-state index contributed by atoms with van der Waals surface area (Å²) in [4.78, 5) is 11.3. The van der Waals surface area contributed by atoms with Crippen LogP contribution in [-0.4, -0.2) is 39.2 Å². The number of ether oxygens (including phenoxy) is 1. The van der Waals surface area contributed by atoms with E-state index in [-0.39, 0.29) is 24.2 Å². The predicted octanol–water partition coefficient (Wildman–Crippen LogP) is 1.40. The SMILES string of the molecule is CCc1cn(CC2OC(C)C(NC(C)=O)C(C)C2C)nn1.